The molecule has 2 aromatic rings. The first-order valence-corrected chi connectivity index (χ1v) is 8.12. The van der Waals surface area contributed by atoms with Gasteiger partial charge in [0.1, 0.15) is 18.8 Å². The standard InChI is InChI=1S/C18H16N2O5/c21-14-3-1-2-13-11(14)9-12(18(23)20-13)17(22)19-10-4-5-15-16(8-10)25-7-6-24-15/h4-5,8-9H,1-3,6-7H2,(H,19,22)(H,20,23). The van der Waals surface area contributed by atoms with Gasteiger partial charge in [0.25, 0.3) is 11.5 Å². The zero-order chi connectivity index (χ0) is 17.4. The van der Waals surface area contributed by atoms with E-state index < -0.39 is 11.5 Å². The zero-order valence-electron chi connectivity index (χ0n) is 13.4. The van der Waals surface area contributed by atoms with Crippen molar-refractivity contribution in [3.8, 4) is 11.5 Å². The van der Waals surface area contributed by atoms with Crippen molar-refractivity contribution in [2.45, 2.75) is 19.3 Å². The highest BCUT2D eigenvalue weighted by atomic mass is 16.6. The minimum absolute atomic E-state index is 0.0501. The van der Waals surface area contributed by atoms with Crippen molar-refractivity contribution in [1.82, 2.24) is 4.98 Å². The summed E-state index contributed by atoms with van der Waals surface area (Å²) in [6.45, 7) is 0.925. The normalized spacial score (nSPS) is 15.4. The molecular formula is C18H16N2O5. The number of aromatic nitrogens is 1. The van der Waals surface area contributed by atoms with Crippen LogP contribution in [0.5, 0.6) is 11.5 Å². The number of carbonyl (C=O) groups excluding carboxylic acids is 2. The average molecular weight is 340 g/mol. The molecule has 25 heavy (non-hydrogen) atoms. The average Bonchev–Trinajstić information content (AvgIpc) is 2.61. The molecule has 1 aromatic heterocycles. The van der Waals surface area contributed by atoms with Crippen molar-refractivity contribution < 1.29 is 19.1 Å². The molecule has 1 amide bonds. The second kappa shape index (κ2) is 6.08. The van der Waals surface area contributed by atoms with Crippen LogP contribution in [0, 0.1) is 0 Å². The van der Waals surface area contributed by atoms with Gasteiger partial charge in [0.05, 0.1) is 0 Å². The zero-order valence-corrected chi connectivity index (χ0v) is 13.4. The second-order valence-corrected chi connectivity index (χ2v) is 5.99. The van der Waals surface area contributed by atoms with Crippen LogP contribution in [-0.4, -0.2) is 29.9 Å². The fraction of sp³-hybridized carbons (Fsp3) is 0.278. The highest BCUT2D eigenvalue weighted by Gasteiger charge is 2.22. The van der Waals surface area contributed by atoms with Gasteiger partial charge in [-0.1, -0.05) is 0 Å². The van der Waals surface area contributed by atoms with Crippen molar-refractivity contribution >= 4 is 17.4 Å². The van der Waals surface area contributed by atoms with E-state index >= 15 is 0 Å². The Morgan fingerprint density at radius 2 is 1.84 bits per heavy atom. The Kier molecular flexibility index (Phi) is 3.76. The largest absolute Gasteiger partial charge is 0.486 e. The first kappa shape index (κ1) is 15.4. The quantitative estimate of drug-likeness (QED) is 0.870. The summed E-state index contributed by atoms with van der Waals surface area (Å²) >= 11 is 0. The summed E-state index contributed by atoms with van der Waals surface area (Å²) in [6.07, 6.45) is 1.78. The third-order valence-corrected chi connectivity index (χ3v) is 4.30. The Hall–Kier alpha value is -3.09. The number of ketones is 1. The molecule has 2 N–H and O–H groups in total. The van der Waals surface area contributed by atoms with E-state index in [1.807, 2.05) is 0 Å². The van der Waals surface area contributed by atoms with E-state index in [1.54, 1.807) is 18.2 Å². The van der Waals surface area contributed by atoms with Crippen LogP contribution in [0.2, 0.25) is 0 Å². The van der Waals surface area contributed by atoms with Crippen LogP contribution < -0.4 is 20.3 Å². The molecule has 0 saturated carbocycles. The van der Waals surface area contributed by atoms with E-state index in [9.17, 15) is 14.4 Å². The van der Waals surface area contributed by atoms with Crippen LogP contribution in [-0.2, 0) is 6.42 Å². The third kappa shape index (κ3) is 2.88. The summed E-state index contributed by atoms with van der Waals surface area (Å²) in [7, 11) is 0. The predicted molar refractivity (Wildman–Crippen MR) is 89.7 cm³/mol. The monoisotopic (exact) mass is 340 g/mol. The highest BCUT2D eigenvalue weighted by molar-refractivity contribution is 6.06. The van der Waals surface area contributed by atoms with E-state index in [-0.39, 0.29) is 11.3 Å². The maximum atomic E-state index is 12.5. The van der Waals surface area contributed by atoms with Gasteiger partial charge in [0.15, 0.2) is 17.3 Å². The molecule has 128 valence electrons. The van der Waals surface area contributed by atoms with E-state index in [4.69, 9.17) is 9.47 Å². The molecule has 0 unspecified atom stereocenters. The van der Waals surface area contributed by atoms with Crippen molar-refractivity contribution in [2.24, 2.45) is 0 Å². The van der Waals surface area contributed by atoms with Gasteiger partial charge in [-0.25, -0.2) is 0 Å². The number of amides is 1. The van der Waals surface area contributed by atoms with Crippen LogP contribution >= 0.6 is 0 Å². The molecule has 0 spiro atoms. The van der Waals surface area contributed by atoms with Gasteiger partial charge >= 0.3 is 0 Å². The van der Waals surface area contributed by atoms with E-state index in [0.29, 0.717) is 60.9 Å². The van der Waals surface area contributed by atoms with Gasteiger partial charge in [-0.2, -0.15) is 0 Å². The Balaban J connectivity index is 1.62. The van der Waals surface area contributed by atoms with Gasteiger partial charge < -0.3 is 19.8 Å². The van der Waals surface area contributed by atoms with Crippen molar-refractivity contribution in [3.63, 3.8) is 0 Å². The predicted octanol–water partition coefficient (Wildman–Crippen LogP) is 1.92. The van der Waals surface area contributed by atoms with Crippen LogP contribution in [0.3, 0.4) is 0 Å². The summed E-state index contributed by atoms with van der Waals surface area (Å²) in [6, 6.07) is 6.40. The van der Waals surface area contributed by atoms with Gasteiger partial charge in [0, 0.05) is 29.4 Å². The number of rotatable bonds is 2. The van der Waals surface area contributed by atoms with E-state index in [2.05, 4.69) is 10.3 Å². The fourth-order valence-electron chi connectivity index (χ4n) is 3.06. The molecule has 7 nitrogen and oxygen atoms in total. The van der Waals surface area contributed by atoms with Gasteiger partial charge in [-0.3, -0.25) is 14.4 Å². The molecule has 2 aliphatic rings. The van der Waals surface area contributed by atoms with E-state index in [1.165, 1.54) is 6.07 Å². The summed E-state index contributed by atoms with van der Waals surface area (Å²) < 4.78 is 10.9. The third-order valence-electron chi connectivity index (χ3n) is 4.30. The number of Topliss-reactive ketones (excluding diaryl/α,β-unsaturated/α-hetero) is 1. The number of aromatic amines is 1. The lowest BCUT2D eigenvalue weighted by Crippen LogP contribution is -2.27. The first-order chi connectivity index (χ1) is 12.1. The minimum Gasteiger partial charge on any atom is -0.486 e. The molecule has 0 atom stereocenters. The van der Waals surface area contributed by atoms with Gasteiger partial charge in [-0.15, -0.1) is 0 Å². The maximum absolute atomic E-state index is 12.5. The van der Waals surface area contributed by atoms with Crippen LogP contribution in [0.4, 0.5) is 5.69 Å². The first-order valence-electron chi connectivity index (χ1n) is 8.12. The second-order valence-electron chi connectivity index (χ2n) is 5.99. The molecule has 0 fully saturated rings. The number of hydrogen-bond acceptors (Lipinski definition) is 5. The summed E-state index contributed by atoms with van der Waals surface area (Å²) in [5.74, 6) is 0.532. The van der Waals surface area contributed by atoms with Gasteiger partial charge in [-0.05, 0) is 31.0 Å². The Labute approximate surface area is 143 Å². The lowest BCUT2D eigenvalue weighted by atomic mass is 9.93. The Morgan fingerprint density at radius 1 is 1.04 bits per heavy atom. The molecule has 1 aliphatic carbocycles. The summed E-state index contributed by atoms with van der Waals surface area (Å²) in [5.41, 5.74) is 0.945. The molecule has 0 saturated heterocycles. The molecule has 0 bridgehead atoms. The molecule has 7 heteroatoms. The highest BCUT2D eigenvalue weighted by Crippen LogP contribution is 2.32. The number of benzene rings is 1. The lowest BCUT2D eigenvalue weighted by molar-refractivity contribution is 0.0971. The van der Waals surface area contributed by atoms with Crippen molar-refractivity contribution in [2.75, 3.05) is 18.5 Å². The summed E-state index contributed by atoms with van der Waals surface area (Å²) in [4.78, 5) is 39.3. The number of nitrogens with one attached hydrogen (secondary N) is 2. The van der Waals surface area contributed by atoms with E-state index in [0.717, 1.165) is 0 Å². The van der Waals surface area contributed by atoms with Crippen LogP contribution in [0.25, 0.3) is 0 Å². The molecule has 1 aromatic carbocycles. The molecule has 2 heterocycles. The molecular weight excluding hydrogens is 324 g/mol. The molecule has 1 aliphatic heterocycles. The topological polar surface area (TPSA) is 97.5 Å². The van der Waals surface area contributed by atoms with Crippen LogP contribution in [0.1, 0.15) is 39.3 Å². The summed E-state index contributed by atoms with van der Waals surface area (Å²) in [5, 5.41) is 2.67. The number of H-pyrrole nitrogens is 1. The van der Waals surface area contributed by atoms with Gasteiger partial charge in [0.2, 0.25) is 0 Å². The number of aryl methyl sites for hydroxylation is 1. The van der Waals surface area contributed by atoms with Crippen molar-refractivity contribution in [3.05, 3.63) is 51.4 Å². The number of carbonyl (C=O) groups is 2. The Bertz CT molecular complexity index is 932. The molecule has 4 rings (SSSR count). The lowest BCUT2D eigenvalue weighted by Gasteiger charge is -2.19. The van der Waals surface area contributed by atoms with Crippen LogP contribution in [0.15, 0.2) is 29.1 Å². The maximum Gasteiger partial charge on any atom is 0.261 e. The molecule has 0 radical (unpaired) electrons. The fourth-order valence-corrected chi connectivity index (χ4v) is 3.06. The number of pyridine rings is 1. The number of hydrogen-bond donors (Lipinski definition) is 2. The number of fused-ring (bicyclic) bond motifs is 2. The minimum atomic E-state index is -0.570. The van der Waals surface area contributed by atoms with Crippen molar-refractivity contribution in [1.29, 1.82) is 0 Å². The SMILES string of the molecule is O=C1CCCc2[nH]c(=O)c(C(=O)Nc3ccc4c(c3)OCCO4)cc21. The Morgan fingerprint density at radius 3 is 2.68 bits per heavy atom. The smallest absolute Gasteiger partial charge is 0.261 e. The number of anilines is 1. The number of ether oxygens (including phenoxy) is 2.